The quantitative estimate of drug-likeness (QED) is 0.362. The number of carbonyl (C=O) groups is 1. The number of halogens is 2. The minimum atomic E-state index is -0.356. The highest BCUT2D eigenvalue weighted by atomic mass is 35.5. The highest BCUT2D eigenvalue weighted by Crippen LogP contribution is 2.41. The summed E-state index contributed by atoms with van der Waals surface area (Å²) in [6.45, 7) is 3.17. The van der Waals surface area contributed by atoms with Gasteiger partial charge in [0, 0.05) is 66.7 Å². The van der Waals surface area contributed by atoms with Gasteiger partial charge in [-0.3, -0.25) is 4.79 Å². The number of anilines is 2. The van der Waals surface area contributed by atoms with Gasteiger partial charge >= 0.3 is 0 Å². The van der Waals surface area contributed by atoms with E-state index in [0.29, 0.717) is 51.8 Å². The van der Waals surface area contributed by atoms with Gasteiger partial charge in [-0.2, -0.15) is 0 Å². The topological polar surface area (TPSA) is 79.6 Å². The number of fused-ring (bicyclic) bond motifs is 2. The summed E-state index contributed by atoms with van der Waals surface area (Å²) in [5, 5.41) is 7.28. The van der Waals surface area contributed by atoms with Gasteiger partial charge in [0.15, 0.2) is 0 Å². The van der Waals surface area contributed by atoms with E-state index in [1.807, 2.05) is 26.1 Å². The van der Waals surface area contributed by atoms with Crippen molar-refractivity contribution in [1.29, 1.82) is 0 Å². The first-order chi connectivity index (χ1) is 17.3. The van der Waals surface area contributed by atoms with Crippen LogP contribution >= 0.6 is 11.6 Å². The molecule has 0 fully saturated rings. The number of hydrogen-bond donors (Lipinski definition) is 2. The molecule has 0 saturated carbocycles. The largest absolute Gasteiger partial charge is 0.455 e. The van der Waals surface area contributed by atoms with Crippen LogP contribution in [0.4, 0.5) is 15.9 Å². The van der Waals surface area contributed by atoms with Crippen molar-refractivity contribution in [2.75, 3.05) is 37.4 Å². The molecule has 36 heavy (non-hydrogen) atoms. The fraction of sp³-hybridized carbons (Fsp3) is 0.259. The molecule has 186 valence electrons. The van der Waals surface area contributed by atoms with E-state index in [2.05, 4.69) is 20.5 Å². The molecule has 0 saturated heterocycles. The molecule has 2 aromatic heterocycles. The number of nitrogens with one attached hydrogen (secondary N) is 2. The zero-order chi connectivity index (χ0) is 25.4. The summed E-state index contributed by atoms with van der Waals surface area (Å²) in [5.41, 5.74) is 3.52. The van der Waals surface area contributed by atoms with Crippen LogP contribution in [0.15, 0.2) is 59.1 Å². The zero-order valence-electron chi connectivity index (χ0n) is 20.1. The summed E-state index contributed by atoms with van der Waals surface area (Å²) < 4.78 is 26.1. The number of benzene rings is 2. The van der Waals surface area contributed by atoms with Gasteiger partial charge < -0.3 is 24.7 Å². The molecular weight excluding hydrogens is 483 g/mol. The van der Waals surface area contributed by atoms with Crippen LogP contribution in [0.5, 0.6) is 0 Å². The number of pyridine rings is 1. The predicted molar refractivity (Wildman–Crippen MR) is 139 cm³/mol. The monoisotopic (exact) mass is 508 g/mol. The van der Waals surface area contributed by atoms with E-state index in [4.69, 9.17) is 20.8 Å². The van der Waals surface area contributed by atoms with Crippen molar-refractivity contribution in [2.24, 2.45) is 0 Å². The Labute approximate surface area is 213 Å². The molecule has 0 unspecified atom stereocenters. The third kappa shape index (κ3) is 4.62. The molecular formula is C27H26ClFN4O3. The second-order valence-corrected chi connectivity index (χ2v) is 9.26. The first kappa shape index (κ1) is 24.1. The molecule has 3 heterocycles. The van der Waals surface area contributed by atoms with Crippen LogP contribution < -0.4 is 15.5 Å². The van der Waals surface area contributed by atoms with E-state index >= 15 is 0 Å². The number of furan rings is 1. The molecule has 0 radical (unpaired) electrons. The Morgan fingerprint density at radius 3 is 2.72 bits per heavy atom. The predicted octanol–water partition coefficient (Wildman–Crippen LogP) is 5.66. The van der Waals surface area contributed by atoms with Crippen LogP contribution in [-0.2, 0) is 4.74 Å². The number of hydrogen-bond acceptors (Lipinski definition) is 6. The lowest BCUT2D eigenvalue weighted by Gasteiger charge is -2.23. The van der Waals surface area contributed by atoms with E-state index in [1.54, 1.807) is 37.5 Å². The Morgan fingerprint density at radius 2 is 2.00 bits per heavy atom. The van der Waals surface area contributed by atoms with Gasteiger partial charge in [0.25, 0.3) is 5.91 Å². The maximum Gasteiger partial charge on any atom is 0.255 e. The smallest absolute Gasteiger partial charge is 0.255 e. The molecule has 2 N–H and O–H groups in total. The van der Waals surface area contributed by atoms with Crippen LogP contribution in [0.25, 0.3) is 22.3 Å². The number of amides is 1. The number of rotatable bonds is 5. The fourth-order valence-corrected chi connectivity index (χ4v) is 4.76. The second kappa shape index (κ2) is 9.79. The van der Waals surface area contributed by atoms with Gasteiger partial charge in [-0.05, 0) is 49.4 Å². The Balaban J connectivity index is 1.50. The molecule has 0 aliphatic carbocycles. The molecule has 1 amide bonds. The van der Waals surface area contributed by atoms with Gasteiger partial charge in [0.1, 0.15) is 23.0 Å². The summed E-state index contributed by atoms with van der Waals surface area (Å²) in [5.74, 6) is 0.451. The number of likely N-dealkylation sites (N-methyl/N-ethyl adjacent to an activating group) is 1. The lowest BCUT2D eigenvalue weighted by atomic mass is 10.00. The average Bonchev–Trinajstić information content (AvgIpc) is 3.19. The lowest BCUT2D eigenvalue weighted by molar-refractivity contribution is 0.0135. The van der Waals surface area contributed by atoms with Crippen molar-refractivity contribution in [3.8, 4) is 11.3 Å². The Morgan fingerprint density at radius 1 is 1.22 bits per heavy atom. The third-order valence-electron chi connectivity index (χ3n) is 6.35. The summed E-state index contributed by atoms with van der Waals surface area (Å²) >= 11 is 6.07. The SMILES string of the molecule is CNC(=O)c1c(-c2ccc(F)cc2)oc2cc3c(cc12)[C@H](C)O[C@H](CNc1cc(Cl)ccn1)CN3C. The van der Waals surface area contributed by atoms with Crippen molar-refractivity contribution in [3.05, 3.63) is 76.7 Å². The van der Waals surface area contributed by atoms with Crippen molar-refractivity contribution in [2.45, 2.75) is 19.1 Å². The van der Waals surface area contributed by atoms with Gasteiger partial charge in [-0.1, -0.05) is 11.6 Å². The first-order valence-corrected chi connectivity index (χ1v) is 12.0. The minimum Gasteiger partial charge on any atom is -0.455 e. The van der Waals surface area contributed by atoms with Crippen LogP contribution in [-0.4, -0.2) is 44.2 Å². The number of ether oxygens (including phenoxy) is 1. The number of carbonyl (C=O) groups excluding carboxylic acids is 1. The highest BCUT2D eigenvalue weighted by Gasteiger charge is 2.29. The number of aromatic nitrogens is 1. The Bertz CT molecular complexity index is 1420. The Hall–Kier alpha value is -3.62. The molecule has 1 aliphatic rings. The summed E-state index contributed by atoms with van der Waals surface area (Å²) in [7, 11) is 3.57. The van der Waals surface area contributed by atoms with E-state index < -0.39 is 0 Å². The molecule has 4 aromatic rings. The average molecular weight is 509 g/mol. The molecule has 9 heteroatoms. The summed E-state index contributed by atoms with van der Waals surface area (Å²) in [4.78, 5) is 19.3. The van der Waals surface area contributed by atoms with Gasteiger partial charge in [-0.25, -0.2) is 9.37 Å². The van der Waals surface area contributed by atoms with Gasteiger partial charge in [0.2, 0.25) is 0 Å². The van der Waals surface area contributed by atoms with Crippen LogP contribution in [0.2, 0.25) is 5.02 Å². The highest BCUT2D eigenvalue weighted by molar-refractivity contribution is 6.30. The first-order valence-electron chi connectivity index (χ1n) is 11.6. The normalized spacial score (nSPS) is 17.5. The van der Waals surface area contributed by atoms with Crippen molar-refractivity contribution in [1.82, 2.24) is 10.3 Å². The Kier molecular flexibility index (Phi) is 6.55. The lowest BCUT2D eigenvalue weighted by Crippen LogP contribution is -2.34. The minimum absolute atomic E-state index is 0.127. The van der Waals surface area contributed by atoms with E-state index in [1.165, 1.54) is 12.1 Å². The van der Waals surface area contributed by atoms with Crippen LogP contribution in [0.1, 0.15) is 28.9 Å². The molecule has 1 aliphatic heterocycles. The van der Waals surface area contributed by atoms with Crippen molar-refractivity contribution >= 4 is 40.0 Å². The maximum absolute atomic E-state index is 13.5. The molecule has 2 aromatic carbocycles. The number of nitrogens with zero attached hydrogens (tertiary/aromatic N) is 2. The van der Waals surface area contributed by atoms with Crippen LogP contribution in [0.3, 0.4) is 0 Å². The summed E-state index contributed by atoms with van der Waals surface area (Å²) in [6.07, 6.45) is 1.29. The van der Waals surface area contributed by atoms with Gasteiger partial charge in [-0.15, -0.1) is 0 Å². The molecule has 0 bridgehead atoms. The van der Waals surface area contributed by atoms with E-state index in [0.717, 1.165) is 11.3 Å². The molecule has 2 atom stereocenters. The van der Waals surface area contributed by atoms with E-state index in [9.17, 15) is 9.18 Å². The maximum atomic E-state index is 13.5. The molecule has 5 rings (SSSR count). The van der Waals surface area contributed by atoms with Crippen LogP contribution in [0, 0.1) is 5.82 Å². The third-order valence-corrected chi connectivity index (χ3v) is 6.59. The van der Waals surface area contributed by atoms with Crippen molar-refractivity contribution in [3.63, 3.8) is 0 Å². The van der Waals surface area contributed by atoms with E-state index in [-0.39, 0.29) is 23.9 Å². The second-order valence-electron chi connectivity index (χ2n) is 8.82. The van der Waals surface area contributed by atoms with Gasteiger partial charge in [0.05, 0.1) is 17.8 Å². The zero-order valence-corrected chi connectivity index (χ0v) is 20.9. The molecule has 7 nitrogen and oxygen atoms in total. The fourth-order valence-electron chi connectivity index (χ4n) is 4.60. The molecule has 0 spiro atoms. The summed E-state index contributed by atoms with van der Waals surface area (Å²) in [6, 6.07) is 13.3. The van der Waals surface area contributed by atoms with Crippen molar-refractivity contribution < 1.29 is 18.3 Å². The standard InChI is InChI=1S/C27H26ClFN4O3/c1-15-20-11-21-23(36-26(25(21)27(34)30-2)16-4-6-18(29)7-5-16)12-22(20)33(3)14-19(35-15)13-32-24-10-17(28)8-9-31-24/h4-12,15,19H,13-14H2,1-3H3,(H,30,34)(H,31,32)/t15-,19+/m0/s1.